The molecule has 3 aliphatic heterocycles. The highest BCUT2D eigenvalue weighted by molar-refractivity contribution is 5.57. The van der Waals surface area contributed by atoms with E-state index in [4.69, 9.17) is 18.9 Å². The molecule has 0 N–H and O–H groups in total. The van der Waals surface area contributed by atoms with Crippen molar-refractivity contribution in [2.75, 3.05) is 13.4 Å². The van der Waals surface area contributed by atoms with Crippen LogP contribution in [0.15, 0.2) is 30.3 Å². The lowest BCUT2D eigenvalue weighted by Gasteiger charge is -2.28. The van der Waals surface area contributed by atoms with Crippen molar-refractivity contribution in [2.45, 2.75) is 18.9 Å². The molecule has 0 radical (unpaired) electrons. The SMILES string of the molecule is Cc1ccc2c(c1)OCC1c3cc4c(cc3OC21)OCO4. The molecular formula is C17H14O4. The van der Waals surface area contributed by atoms with Gasteiger partial charge in [-0.25, -0.2) is 0 Å². The van der Waals surface area contributed by atoms with Crippen molar-refractivity contribution in [3.05, 3.63) is 47.0 Å². The molecule has 2 unspecified atom stereocenters. The minimum absolute atomic E-state index is 0.0203. The molecular weight excluding hydrogens is 268 g/mol. The lowest BCUT2D eigenvalue weighted by molar-refractivity contribution is 0.138. The molecule has 2 aromatic rings. The average Bonchev–Trinajstić information content (AvgIpc) is 3.07. The van der Waals surface area contributed by atoms with Gasteiger partial charge in [-0.2, -0.15) is 0 Å². The van der Waals surface area contributed by atoms with Crippen molar-refractivity contribution in [1.82, 2.24) is 0 Å². The molecule has 3 aliphatic rings. The summed E-state index contributed by atoms with van der Waals surface area (Å²) in [6.07, 6.45) is 0.0203. The van der Waals surface area contributed by atoms with E-state index in [-0.39, 0.29) is 18.8 Å². The average molecular weight is 282 g/mol. The zero-order valence-corrected chi connectivity index (χ0v) is 11.6. The molecule has 0 aliphatic carbocycles. The number of ether oxygens (including phenoxy) is 4. The zero-order chi connectivity index (χ0) is 14.0. The summed E-state index contributed by atoms with van der Waals surface area (Å²) >= 11 is 0. The van der Waals surface area contributed by atoms with Gasteiger partial charge in [0.05, 0.1) is 12.5 Å². The second-order valence-corrected chi connectivity index (χ2v) is 5.74. The molecule has 4 heteroatoms. The van der Waals surface area contributed by atoms with Crippen LogP contribution in [0.25, 0.3) is 0 Å². The van der Waals surface area contributed by atoms with Gasteiger partial charge in [0.15, 0.2) is 11.5 Å². The fraction of sp³-hybridized carbons (Fsp3) is 0.294. The smallest absolute Gasteiger partial charge is 0.231 e. The summed E-state index contributed by atoms with van der Waals surface area (Å²) in [5.41, 5.74) is 3.47. The van der Waals surface area contributed by atoms with Gasteiger partial charge in [0.25, 0.3) is 0 Å². The number of fused-ring (bicyclic) bond motifs is 6. The third kappa shape index (κ3) is 1.50. The minimum atomic E-state index is 0.0203. The van der Waals surface area contributed by atoms with Crippen molar-refractivity contribution in [3.8, 4) is 23.0 Å². The molecule has 2 aromatic carbocycles. The summed E-state index contributed by atoms with van der Waals surface area (Å²) in [4.78, 5) is 0. The summed E-state index contributed by atoms with van der Waals surface area (Å²) in [6, 6.07) is 10.2. The van der Waals surface area contributed by atoms with Gasteiger partial charge in [0.1, 0.15) is 17.6 Å². The molecule has 106 valence electrons. The molecule has 0 bridgehead atoms. The van der Waals surface area contributed by atoms with Gasteiger partial charge in [0, 0.05) is 17.2 Å². The molecule has 3 heterocycles. The van der Waals surface area contributed by atoms with Gasteiger partial charge in [-0.05, 0) is 24.6 Å². The third-order valence-corrected chi connectivity index (χ3v) is 4.42. The predicted octanol–water partition coefficient (Wildman–Crippen LogP) is 3.33. The van der Waals surface area contributed by atoms with Crippen molar-refractivity contribution in [2.24, 2.45) is 0 Å². The van der Waals surface area contributed by atoms with Crippen LogP contribution in [0.5, 0.6) is 23.0 Å². The molecule has 0 amide bonds. The van der Waals surface area contributed by atoms with E-state index in [1.807, 2.05) is 12.1 Å². The Morgan fingerprint density at radius 2 is 1.71 bits per heavy atom. The number of hydrogen-bond acceptors (Lipinski definition) is 4. The fourth-order valence-electron chi connectivity index (χ4n) is 3.35. The highest BCUT2D eigenvalue weighted by atomic mass is 16.7. The summed E-state index contributed by atoms with van der Waals surface area (Å²) in [5.74, 6) is 3.59. The number of aryl methyl sites for hydroxylation is 1. The van der Waals surface area contributed by atoms with E-state index >= 15 is 0 Å². The third-order valence-electron chi connectivity index (χ3n) is 4.42. The Balaban J connectivity index is 1.62. The Hall–Kier alpha value is -2.36. The Morgan fingerprint density at radius 1 is 0.857 bits per heavy atom. The standard InChI is InChI=1S/C17H14O4/c1-9-2-3-10-13(4-9)18-7-12-11-5-15-16(20-8-19-15)6-14(11)21-17(10)12/h2-6,12,17H,7-8H2,1H3. The van der Waals surface area contributed by atoms with Crippen LogP contribution in [0.2, 0.25) is 0 Å². The van der Waals surface area contributed by atoms with Gasteiger partial charge in [-0.1, -0.05) is 12.1 Å². The van der Waals surface area contributed by atoms with Crippen molar-refractivity contribution >= 4 is 0 Å². The van der Waals surface area contributed by atoms with Crippen LogP contribution in [0.4, 0.5) is 0 Å². The molecule has 0 saturated carbocycles. The van der Waals surface area contributed by atoms with E-state index in [1.54, 1.807) is 0 Å². The zero-order valence-electron chi connectivity index (χ0n) is 11.6. The maximum atomic E-state index is 6.19. The van der Waals surface area contributed by atoms with Crippen molar-refractivity contribution in [1.29, 1.82) is 0 Å². The molecule has 5 rings (SSSR count). The molecule has 0 aromatic heterocycles. The highest BCUT2D eigenvalue weighted by Gasteiger charge is 2.41. The van der Waals surface area contributed by atoms with E-state index < -0.39 is 0 Å². The lowest BCUT2D eigenvalue weighted by atomic mass is 9.89. The first-order valence-electron chi connectivity index (χ1n) is 7.13. The number of hydrogen-bond donors (Lipinski definition) is 0. The van der Waals surface area contributed by atoms with Crippen molar-refractivity contribution in [3.63, 3.8) is 0 Å². The van der Waals surface area contributed by atoms with Crippen LogP contribution in [0.1, 0.15) is 28.7 Å². The van der Waals surface area contributed by atoms with Gasteiger partial charge >= 0.3 is 0 Å². The molecule has 0 fully saturated rings. The summed E-state index contributed by atoms with van der Waals surface area (Å²) in [5, 5.41) is 0. The van der Waals surface area contributed by atoms with Gasteiger partial charge in [-0.15, -0.1) is 0 Å². The number of benzene rings is 2. The van der Waals surface area contributed by atoms with E-state index in [0.29, 0.717) is 6.61 Å². The van der Waals surface area contributed by atoms with E-state index in [0.717, 1.165) is 34.1 Å². The molecule has 0 saturated heterocycles. The predicted molar refractivity (Wildman–Crippen MR) is 75.3 cm³/mol. The Kier molecular flexibility index (Phi) is 2.07. The van der Waals surface area contributed by atoms with Crippen LogP contribution in [-0.2, 0) is 0 Å². The van der Waals surface area contributed by atoms with E-state index in [2.05, 4.69) is 25.1 Å². The van der Waals surface area contributed by atoms with Crippen LogP contribution in [0.3, 0.4) is 0 Å². The summed E-state index contributed by atoms with van der Waals surface area (Å²) in [6.45, 7) is 2.98. The highest BCUT2D eigenvalue weighted by Crippen LogP contribution is 2.54. The van der Waals surface area contributed by atoms with Crippen LogP contribution in [-0.4, -0.2) is 13.4 Å². The van der Waals surface area contributed by atoms with Gasteiger partial charge in [0.2, 0.25) is 6.79 Å². The topological polar surface area (TPSA) is 36.9 Å². The number of rotatable bonds is 0. The monoisotopic (exact) mass is 282 g/mol. The van der Waals surface area contributed by atoms with Crippen molar-refractivity contribution < 1.29 is 18.9 Å². The minimum Gasteiger partial charge on any atom is -0.492 e. The van der Waals surface area contributed by atoms with Crippen LogP contribution >= 0.6 is 0 Å². The maximum absolute atomic E-state index is 6.19. The summed E-state index contributed by atoms with van der Waals surface area (Å²) < 4.78 is 23.0. The molecule has 0 spiro atoms. The van der Waals surface area contributed by atoms with Gasteiger partial charge < -0.3 is 18.9 Å². The second-order valence-electron chi connectivity index (χ2n) is 5.74. The Labute approximate surface area is 122 Å². The van der Waals surface area contributed by atoms with Gasteiger partial charge in [-0.3, -0.25) is 0 Å². The maximum Gasteiger partial charge on any atom is 0.231 e. The Morgan fingerprint density at radius 3 is 2.62 bits per heavy atom. The van der Waals surface area contributed by atoms with E-state index in [9.17, 15) is 0 Å². The second kappa shape index (κ2) is 3.85. The first kappa shape index (κ1) is 11.3. The quantitative estimate of drug-likeness (QED) is 0.742. The lowest BCUT2D eigenvalue weighted by Crippen LogP contribution is -2.23. The molecule has 4 nitrogen and oxygen atoms in total. The molecule has 21 heavy (non-hydrogen) atoms. The van der Waals surface area contributed by atoms with Crippen LogP contribution in [0, 0.1) is 6.92 Å². The normalized spacial score (nSPS) is 23.7. The summed E-state index contributed by atoms with van der Waals surface area (Å²) in [7, 11) is 0. The van der Waals surface area contributed by atoms with E-state index in [1.165, 1.54) is 5.56 Å². The fourth-order valence-corrected chi connectivity index (χ4v) is 3.35. The van der Waals surface area contributed by atoms with Crippen LogP contribution < -0.4 is 18.9 Å². The Bertz CT molecular complexity index is 753. The first-order chi connectivity index (χ1) is 10.3. The largest absolute Gasteiger partial charge is 0.492 e. The molecule has 2 atom stereocenters. The first-order valence-corrected chi connectivity index (χ1v) is 7.13.